The van der Waals surface area contributed by atoms with Crippen LogP contribution >= 0.6 is 0 Å². The molecule has 7 heteroatoms. The van der Waals surface area contributed by atoms with Crippen LogP contribution in [-0.2, 0) is 4.79 Å². The first-order valence-electron chi connectivity index (χ1n) is 10.6. The van der Waals surface area contributed by atoms with Crippen molar-refractivity contribution in [3.05, 3.63) is 52.4 Å². The Labute approximate surface area is 187 Å². The smallest absolute Gasteiger partial charge is 0.260 e. The van der Waals surface area contributed by atoms with E-state index in [1.165, 1.54) is 0 Å². The van der Waals surface area contributed by atoms with Crippen molar-refractivity contribution in [2.24, 2.45) is 0 Å². The largest absolute Gasteiger partial charge is 0.493 e. The molecule has 0 N–H and O–H groups in total. The molecule has 0 aliphatic heterocycles. The second-order valence-corrected chi connectivity index (χ2v) is 7.55. The fourth-order valence-electron chi connectivity index (χ4n) is 3.48. The minimum atomic E-state index is -0.155. The molecule has 3 aromatic rings. The fraction of sp³-hybridized carbons (Fsp3) is 0.360. The molecule has 170 valence electrons. The lowest BCUT2D eigenvalue weighted by Crippen LogP contribution is -2.32. The van der Waals surface area contributed by atoms with E-state index in [2.05, 4.69) is 6.92 Å². The quantitative estimate of drug-likeness (QED) is 0.491. The van der Waals surface area contributed by atoms with Gasteiger partial charge in [-0.1, -0.05) is 19.4 Å². The fourth-order valence-corrected chi connectivity index (χ4v) is 3.48. The Hall–Kier alpha value is -3.48. The molecule has 0 aliphatic rings. The molecule has 2 aromatic carbocycles. The minimum Gasteiger partial charge on any atom is -0.493 e. The van der Waals surface area contributed by atoms with Crippen LogP contribution in [0.15, 0.2) is 45.6 Å². The van der Waals surface area contributed by atoms with Gasteiger partial charge in [-0.3, -0.25) is 9.59 Å². The van der Waals surface area contributed by atoms with Gasteiger partial charge in [0.1, 0.15) is 17.1 Å². The average molecular weight is 440 g/mol. The highest BCUT2D eigenvalue weighted by Gasteiger charge is 2.17. The van der Waals surface area contributed by atoms with Crippen LogP contribution < -0.4 is 19.6 Å². The van der Waals surface area contributed by atoms with E-state index in [1.807, 2.05) is 0 Å². The maximum absolute atomic E-state index is 13.2. The molecule has 0 saturated heterocycles. The highest BCUT2D eigenvalue weighted by Crippen LogP contribution is 2.33. The van der Waals surface area contributed by atoms with Gasteiger partial charge in [0.15, 0.2) is 18.1 Å². The summed E-state index contributed by atoms with van der Waals surface area (Å²) in [6.45, 7) is 4.45. The first-order chi connectivity index (χ1) is 15.4. The van der Waals surface area contributed by atoms with Crippen LogP contribution in [0.4, 0.5) is 0 Å². The number of unbranched alkanes of at least 4 members (excludes halogenated alkanes) is 1. The molecule has 0 bridgehead atoms. The zero-order valence-corrected chi connectivity index (χ0v) is 19.2. The van der Waals surface area contributed by atoms with E-state index in [0.717, 1.165) is 12.8 Å². The number of ether oxygens (including phenoxy) is 3. The molecule has 7 nitrogen and oxygen atoms in total. The van der Waals surface area contributed by atoms with Gasteiger partial charge < -0.3 is 23.5 Å². The molecule has 32 heavy (non-hydrogen) atoms. The lowest BCUT2D eigenvalue weighted by atomic mass is 10.0. The maximum atomic E-state index is 13.2. The first-order valence-corrected chi connectivity index (χ1v) is 10.6. The lowest BCUT2D eigenvalue weighted by molar-refractivity contribution is -0.132. The van der Waals surface area contributed by atoms with Crippen LogP contribution in [0.25, 0.3) is 22.1 Å². The van der Waals surface area contributed by atoms with Gasteiger partial charge in [0.25, 0.3) is 5.91 Å². The van der Waals surface area contributed by atoms with Crippen LogP contribution in [0.3, 0.4) is 0 Å². The number of amides is 1. The minimum absolute atomic E-state index is 0.0708. The van der Waals surface area contributed by atoms with Crippen molar-refractivity contribution in [1.29, 1.82) is 0 Å². The third-order valence-corrected chi connectivity index (χ3v) is 5.35. The summed E-state index contributed by atoms with van der Waals surface area (Å²) >= 11 is 0. The van der Waals surface area contributed by atoms with Crippen LogP contribution in [0.5, 0.6) is 17.2 Å². The molecule has 0 unspecified atom stereocenters. The van der Waals surface area contributed by atoms with Gasteiger partial charge in [0.05, 0.1) is 25.2 Å². The number of methoxy groups -OCH3 is 2. The van der Waals surface area contributed by atoms with E-state index in [-0.39, 0.29) is 17.9 Å². The summed E-state index contributed by atoms with van der Waals surface area (Å²) in [4.78, 5) is 27.1. The molecule has 3 rings (SSSR count). The summed E-state index contributed by atoms with van der Waals surface area (Å²) in [6, 6.07) is 10.3. The average Bonchev–Trinajstić information content (AvgIpc) is 2.80. The predicted molar refractivity (Wildman–Crippen MR) is 124 cm³/mol. The van der Waals surface area contributed by atoms with E-state index in [1.54, 1.807) is 69.5 Å². The third-order valence-electron chi connectivity index (χ3n) is 5.35. The number of likely N-dealkylation sites (N-methyl/N-ethyl adjacent to an activating group) is 1. The molecule has 0 aliphatic carbocycles. The number of carbonyl (C=O) groups excluding carboxylic acids is 1. The number of hydrogen-bond donors (Lipinski definition) is 0. The summed E-state index contributed by atoms with van der Waals surface area (Å²) in [5, 5.41) is 0.430. The molecule has 1 amide bonds. The van der Waals surface area contributed by atoms with Gasteiger partial charge >= 0.3 is 0 Å². The highest BCUT2D eigenvalue weighted by molar-refractivity contribution is 5.84. The monoisotopic (exact) mass is 439 g/mol. The number of hydrogen-bond acceptors (Lipinski definition) is 6. The number of benzene rings is 2. The first kappa shape index (κ1) is 23.2. The molecule has 0 spiro atoms. The van der Waals surface area contributed by atoms with Crippen molar-refractivity contribution < 1.29 is 23.4 Å². The van der Waals surface area contributed by atoms with Crippen molar-refractivity contribution in [2.75, 3.05) is 34.4 Å². The number of nitrogens with zero attached hydrogens (tertiary/aromatic N) is 1. The van der Waals surface area contributed by atoms with Gasteiger partial charge in [-0.15, -0.1) is 0 Å². The summed E-state index contributed by atoms with van der Waals surface area (Å²) in [6.07, 6.45) is 1.97. The van der Waals surface area contributed by atoms with Gasteiger partial charge in [-0.2, -0.15) is 0 Å². The van der Waals surface area contributed by atoms with E-state index < -0.39 is 0 Å². The topological polar surface area (TPSA) is 78.2 Å². The molecule has 0 saturated carbocycles. The maximum Gasteiger partial charge on any atom is 0.260 e. The number of fused-ring (bicyclic) bond motifs is 1. The van der Waals surface area contributed by atoms with Crippen molar-refractivity contribution in [3.63, 3.8) is 0 Å². The van der Waals surface area contributed by atoms with Gasteiger partial charge in [0, 0.05) is 19.7 Å². The van der Waals surface area contributed by atoms with Gasteiger partial charge in [-0.05, 0) is 43.2 Å². The van der Waals surface area contributed by atoms with E-state index in [4.69, 9.17) is 18.6 Å². The Kier molecular flexibility index (Phi) is 7.41. The van der Waals surface area contributed by atoms with Crippen LogP contribution in [0.2, 0.25) is 0 Å². The van der Waals surface area contributed by atoms with Crippen LogP contribution in [-0.4, -0.2) is 45.2 Å². The zero-order chi connectivity index (χ0) is 23.3. The summed E-state index contributed by atoms with van der Waals surface area (Å²) in [5.74, 6) is 1.95. The molecule has 0 fully saturated rings. The van der Waals surface area contributed by atoms with Gasteiger partial charge in [-0.25, -0.2) is 0 Å². The Morgan fingerprint density at radius 1 is 1.06 bits per heavy atom. The normalized spacial score (nSPS) is 10.8. The molecule has 0 atom stereocenters. The van der Waals surface area contributed by atoms with Crippen molar-refractivity contribution in [3.8, 4) is 28.4 Å². The lowest BCUT2D eigenvalue weighted by Gasteiger charge is -2.17. The summed E-state index contributed by atoms with van der Waals surface area (Å²) < 4.78 is 22.2. The van der Waals surface area contributed by atoms with Gasteiger partial charge in [0.2, 0.25) is 5.43 Å². The number of aryl methyl sites for hydroxylation is 1. The van der Waals surface area contributed by atoms with E-state index in [0.29, 0.717) is 51.6 Å². The third kappa shape index (κ3) is 4.88. The Morgan fingerprint density at radius 2 is 1.81 bits per heavy atom. The molecular formula is C25H29NO6. The van der Waals surface area contributed by atoms with E-state index in [9.17, 15) is 9.59 Å². The SMILES string of the molecule is CCCCN(C)C(=O)COc1ccc2c(=O)c(-c3ccc(OC)c(OC)c3)c(C)oc2c1. The highest BCUT2D eigenvalue weighted by atomic mass is 16.5. The number of rotatable bonds is 9. The molecule has 1 aromatic heterocycles. The van der Waals surface area contributed by atoms with Crippen molar-refractivity contribution in [1.82, 2.24) is 4.90 Å². The summed E-state index contributed by atoms with van der Waals surface area (Å²) in [7, 11) is 4.87. The predicted octanol–water partition coefficient (Wildman–Crippen LogP) is 4.42. The van der Waals surface area contributed by atoms with Crippen LogP contribution in [0.1, 0.15) is 25.5 Å². The Bertz CT molecular complexity index is 1170. The second kappa shape index (κ2) is 10.2. The summed E-state index contributed by atoms with van der Waals surface area (Å²) in [5.41, 5.74) is 1.38. The Balaban J connectivity index is 1.89. The van der Waals surface area contributed by atoms with Crippen LogP contribution in [0, 0.1) is 6.92 Å². The molecular weight excluding hydrogens is 410 g/mol. The van der Waals surface area contributed by atoms with Crippen molar-refractivity contribution >= 4 is 16.9 Å². The second-order valence-electron chi connectivity index (χ2n) is 7.55. The molecule has 0 radical (unpaired) electrons. The van der Waals surface area contributed by atoms with E-state index >= 15 is 0 Å². The van der Waals surface area contributed by atoms with Crippen molar-refractivity contribution in [2.45, 2.75) is 26.7 Å². The Morgan fingerprint density at radius 3 is 2.50 bits per heavy atom. The number of carbonyl (C=O) groups is 1. The molecule has 1 heterocycles. The zero-order valence-electron chi connectivity index (χ0n) is 19.2. The standard InChI is InChI=1S/C25H29NO6/c1-6-7-12-26(3)23(27)15-31-18-9-10-19-21(14-18)32-16(2)24(25(19)28)17-8-11-20(29-4)22(13-17)30-5/h8-11,13-14H,6-7,12,15H2,1-5H3.